The van der Waals surface area contributed by atoms with Crippen molar-refractivity contribution in [1.29, 1.82) is 0 Å². The van der Waals surface area contributed by atoms with Gasteiger partial charge in [-0.25, -0.2) is 4.98 Å². The van der Waals surface area contributed by atoms with E-state index in [0.29, 0.717) is 21.8 Å². The van der Waals surface area contributed by atoms with Crippen molar-refractivity contribution < 1.29 is 9.59 Å². The summed E-state index contributed by atoms with van der Waals surface area (Å²) in [6.07, 6.45) is 0. The van der Waals surface area contributed by atoms with E-state index in [9.17, 15) is 9.59 Å². The Balaban J connectivity index is 1.40. The first-order valence-electron chi connectivity index (χ1n) is 9.13. The first kappa shape index (κ1) is 18.0. The third-order valence-electron chi connectivity index (χ3n) is 5.03. The van der Waals surface area contributed by atoms with E-state index in [-0.39, 0.29) is 11.7 Å². The van der Waals surface area contributed by atoms with E-state index in [1.54, 1.807) is 23.5 Å². The van der Waals surface area contributed by atoms with E-state index in [0.717, 1.165) is 22.4 Å². The van der Waals surface area contributed by atoms with Gasteiger partial charge >= 0.3 is 0 Å². The van der Waals surface area contributed by atoms with Crippen LogP contribution in [0.4, 0.5) is 5.13 Å². The molecule has 2 aromatic heterocycles. The Bertz CT molecular complexity index is 1300. The van der Waals surface area contributed by atoms with Crippen molar-refractivity contribution in [2.24, 2.45) is 0 Å². The highest BCUT2D eigenvalue weighted by atomic mass is 32.1. The van der Waals surface area contributed by atoms with Gasteiger partial charge in [-0.1, -0.05) is 30.3 Å². The molecule has 0 spiro atoms. The Kier molecular flexibility index (Phi) is 4.19. The third kappa shape index (κ3) is 3.01. The number of carbonyl (C=O) groups excluding carboxylic acids is 2. The molecule has 2 aromatic carbocycles. The van der Waals surface area contributed by atoms with Crippen molar-refractivity contribution >= 4 is 39.5 Å². The topological polar surface area (TPSA) is 59.1 Å². The highest BCUT2D eigenvalue weighted by molar-refractivity contribution is 7.14. The number of fused-ring (bicyclic) bond motifs is 3. The molecule has 0 atom stereocenters. The lowest BCUT2D eigenvalue weighted by Gasteiger charge is -2.04. The largest absolute Gasteiger partial charge is 0.298 e. The standard InChI is InChI=1S/C23H16N2O2S2/c1-12-9-18(13(2)29-12)20-11-28-23(24-20)25-22(27)14-7-8-16-15-5-3-4-6-17(15)21(26)19(16)10-14/h3-11H,1-2H3,(H,24,25,27). The first-order chi connectivity index (χ1) is 14.0. The molecule has 0 aliphatic heterocycles. The molecule has 4 nitrogen and oxygen atoms in total. The highest BCUT2D eigenvalue weighted by Crippen LogP contribution is 2.37. The molecule has 0 radical (unpaired) electrons. The molecular formula is C23H16N2O2S2. The van der Waals surface area contributed by atoms with Crippen LogP contribution in [0.1, 0.15) is 36.0 Å². The monoisotopic (exact) mass is 416 g/mol. The van der Waals surface area contributed by atoms with Gasteiger partial charge in [-0.15, -0.1) is 22.7 Å². The van der Waals surface area contributed by atoms with Gasteiger partial charge < -0.3 is 0 Å². The van der Waals surface area contributed by atoms with Crippen molar-refractivity contribution in [3.05, 3.63) is 80.4 Å². The van der Waals surface area contributed by atoms with Crippen LogP contribution in [0, 0.1) is 13.8 Å². The average molecular weight is 417 g/mol. The summed E-state index contributed by atoms with van der Waals surface area (Å²) >= 11 is 3.13. The second-order valence-corrected chi connectivity index (χ2v) is 9.27. The number of nitrogens with one attached hydrogen (secondary N) is 1. The fraction of sp³-hybridized carbons (Fsp3) is 0.0870. The number of thiazole rings is 1. The first-order valence-corrected chi connectivity index (χ1v) is 10.8. The molecule has 5 rings (SSSR count). The molecule has 1 N–H and O–H groups in total. The minimum absolute atomic E-state index is 0.0370. The second-order valence-electron chi connectivity index (χ2n) is 6.95. The van der Waals surface area contributed by atoms with Crippen LogP contribution in [0.5, 0.6) is 0 Å². The molecule has 0 unspecified atom stereocenters. The van der Waals surface area contributed by atoms with Gasteiger partial charge in [0.1, 0.15) is 0 Å². The Hall–Kier alpha value is -3.09. The normalized spacial score (nSPS) is 12.0. The number of hydrogen-bond donors (Lipinski definition) is 1. The van der Waals surface area contributed by atoms with E-state index < -0.39 is 0 Å². The maximum atomic E-state index is 12.8. The minimum Gasteiger partial charge on any atom is -0.298 e. The summed E-state index contributed by atoms with van der Waals surface area (Å²) < 4.78 is 0. The number of aryl methyl sites for hydroxylation is 2. The van der Waals surface area contributed by atoms with Crippen LogP contribution < -0.4 is 5.32 Å². The minimum atomic E-state index is -0.268. The van der Waals surface area contributed by atoms with Crippen molar-refractivity contribution in [3.8, 4) is 22.4 Å². The summed E-state index contributed by atoms with van der Waals surface area (Å²) in [6, 6.07) is 14.9. The van der Waals surface area contributed by atoms with Crippen LogP contribution >= 0.6 is 22.7 Å². The van der Waals surface area contributed by atoms with Gasteiger partial charge in [0.05, 0.1) is 5.69 Å². The van der Waals surface area contributed by atoms with Gasteiger partial charge in [0, 0.05) is 37.4 Å². The van der Waals surface area contributed by atoms with E-state index in [4.69, 9.17) is 0 Å². The highest BCUT2D eigenvalue weighted by Gasteiger charge is 2.27. The second kappa shape index (κ2) is 6.76. The quantitative estimate of drug-likeness (QED) is 0.395. The number of rotatable bonds is 3. The van der Waals surface area contributed by atoms with Crippen LogP contribution in [0.15, 0.2) is 53.9 Å². The van der Waals surface area contributed by atoms with Gasteiger partial charge in [-0.3, -0.25) is 14.9 Å². The summed E-state index contributed by atoms with van der Waals surface area (Å²) in [7, 11) is 0. The van der Waals surface area contributed by atoms with Gasteiger partial charge in [0.25, 0.3) is 5.91 Å². The summed E-state index contributed by atoms with van der Waals surface area (Å²) in [6.45, 7) is 4.15. The molecule has 1 aliphatic carbocycles. The molecule has 2 heterocycles. The molecule has 0 saturated carbocycles. The molecule has 29 heavy (non-hydrogen) atoms. The van der Waals surface area contributed by atoms with Gasteiger partial charge in [0.15, 0.2) is 10.9 Å². The lowest BCUT2D eigenvalue weighted by Crippen LogP contribution is -2.12. The van der Waals surface area contributed by atoms with Gasteiger partial charge in [-0.05, 0) is 43.2 Å². The maximum Gasteiger partial charge on any atom is 0.257 e. The number of nitrogens with zero attached hydrogens (tertiary/aromatic N) is 1. The zero-order valence-corrected chi connectivity index (χ0v) is 17.4. The zero-order valence-electron chi connectivity index (χ0n) is 15.8. The summed E-state index contributed by atoms with van der Waals surface area (Å²) in [4.78, 5) is 32.4. The fourth-order valence-electron chi connectivity index (χ4n) is 3.68. The van der Waals surface area contributed by atoms with Crippen LogP contribution in [0.3, 0.4) is 0 Å². The number of ketones is 1. The molecule has 0 fully saturated rings. The Morgan fingerprint density at radius 3 is 2.45 bits per heavy atom. The van der Waals surface area contributed by atoms with E-state index in [1.165, 1.54) is 21.1 Å². The predicted molar refractivity (Wildman–Crippen MR) is 118 cm³/mol. The fourth-order valence-corrected chi connectivity index (χ4v) is 5.32. The molecule has 0 saturated heterocycles. The summed E-state index contributed by atoms with van der Waals surface area (Å²) in [5.41, 5.74) is 5.47. The van der Waals surface area contributed by atoms with Crippen molar-refractivity contribution in [1.82, 2.24) is 4.98 Å². The Labute approximate surface area is 175 Å². The van der Waals surface area contributed by atoms with Crippen LogP contribution in [0.25, 0.3) is 22.4 Å². The zero-order chi connectivity index (χ0) is 20.1. The van der Waals surface area contributed by atoms with E-state index in [1.807, 2.05) is 35.7 Å². The third-order valence-corrected chi connectivity index (χ3v) is 6.75. The molecule has 142 valence electrons. The van der Waals surface area contributed by atoms with Crippen molar-refractivity contribution in [2.45, 2.75) is 13.8 Å². The van der Waals surface area contributed by atoms with Crippen LogP contribution in [-0.2, 0) is 0 Å². The molecular weight excluding hydrogens is 400 g/mol. The SMILES string of the molecule is Cc1cc(-c2csc(NC(=O)c3ccc4c(c3)C(=O)c3ccccc3-4)n2)c(C)s1. The summed E-state index contributed by atoms with van der Waals surface area (Å²) in [5.74, 6) is -0.305. The Morgan fingerprint density at radius 2 is 1.69 bits per heavy atom. The maximum absolute atomic E-state index is 12.8. The molecule has 1 aliphatic rings. The van der Waals surface area contributed by atoms with Gasteiger partial charge in [0.2, 0.25) is 0 Å². The van der Waals surface area contributed by atoms with Crippen molar-refractivity contribution in [2.75, 3.05) is 5.32 Å². The summed E-state index contributed by atoms with van der Waals surface area (Å²) in [5, 5.41) is 5.36. The number of carbonyl (C=O) groups is 2. The Morgan fingerprint density at radius 1 is 0.931 bits per heavy atom. The van der Waals surface area contributed by atoms with Crippen molar-refractivity contribution in [3.63, 3.8) is 0 Å². The number of anilines is 1. The molecule has 1 amide bonds. The number of amides is 1. The molecule has 4 aromatic rings. The molecule has 0 bridgehead atoms. The van der Waals surface area contributed by atoms with E-state index in [2.05, 4.69) is 30.2 Å². The number of benzene rings is 2. The smallest absolute Gasteiger partial charge is 0.257 e. The predicted octanol–water partition coefficient (Wildman–Crippen LogP) is 5.95. The van der Waals surface area contributed by atoms with Crippen LogP contribution in [0.2, 0.25) is 0 Å². The average Bonchev–Trinajstić information content (AvgIpc) is 3.39. The lowest BCUT2D eigenvalue weighted by atomic mass is 10.0. The number of thiophene rings is 1. The van der Waals surface area contributed by atoms with E-state index >= 15 is 0 Å². The number of aromatic nitrogens is 1. The lowest BCUT2D eigenvalue weighted by molar-refractivity contribution is 0.102. The van der Waals surface area contributed by atoms with Crippen LogP contribution in [-0.4, -0.2) is 16.7 Å². The molecule has 6 heteroatoms. The number of hydrogen-bond acceptors (Lipinski definition) is 5. The van der Waals surface area contributed by atoms with Gasteiger partial charge in [-0.2, -0.15) is 0 Å².